The fraction of sp³-hybridized carbons (Fsp3) is 0.316. The summed E-state index contributed by atoms with van der Waals surface area (Å²) in [5.41, 5.74) is 2.89. The van der Waals surface area contributed by atoms with Gasteiger partial charge in [-0.25, -0.2) is 4.79 Å². The van der Waals surface area contributed by atoms with E-state index in [0.29, 0.717) is 19.5 Å². The van der Waals surface area contributed by atoms with Gasteiger partial charge < -0.3 is 15.5 Å². The van der Waals surface area contributed by atoms with Crippen molar-refractivity contribution in [3.63, 3.8) is 0 Å². The molecule has 1 aromatic carbocycles. The maximum absolute atomic E-state index is 11.9. The van der Waals surface area contributed by atoms with Crippen LogP contribution in [0.15, 0.2) is 48.8 Å². The number of urea groups is 1. The number of anilines is 1. The van der Waals surface area contributed by atoms with Crippen molar-refractivity contribution in [2.75, 3.05) is 18.4 Å². The van der Waals surface area contributed by atoms with Crippen molar-refractivity contribution in [2.45, 2.75) is 25.8 Å². The number of hydrogen-bond acceptors (Lipinski definition) is 3. The van der Waals surface area contributed by atoms with Crippen molar-refractivity contribution in [3.05, 3.63) is 59.9 Å². The molecule has 0 spiro atoms. The second-order valence-corrected chi connectivity index (χ2v) is 6.11. The van der Waals surface area contributed by atoms with Crippen LogP contribution in [0.3, 0.4) is 0 Å². The number of amides is 3. The van der Waals surface area contributed by atoms with Gasteiger partial charge in [0.15, 0.2) is 0 Å². The highest BCUT2D eigenvalue weighted by Crippen LogP contribution is 2.16. The Bertz CT molecular complexity index is 716. The van der Waals surface area contributed by atoms with E-state index < -0.39 is 0 Å². The van der Waals surface area contributed by atoms with Crippen LogP contribution in [0.1, 0.15) is 24.0 Å². The van der Waals surface area contributed by atoms with Gasteiger partial charge in [-0.05, 0) is 42.2 Å². The molecule has 2 heterocycles. The minimum absolute atomic E-state index is 0.218. The summed E-state index contributed by atoms with van der Waals surface area (Å²) in [6.45, 7) is 2.02. The van der Waals surface area contributed by atoms with Crippen molar-refractivity contribution in [1.82, 2.24) is 15.2 Å². The monoisotopic (exact) mass is 338 g/mol. The van der Waals surface area contributed by atoms with Gasteiger partial charge in [-0.3, -0.25) is 9.78 Å². The maximum Gasteiger partial charge on any atom is 0.319 e. The van der Waals surface area contributed by atoms with Gasteiger partial charge >= 0.3 is 6.03 Å². The topological polar surface area (TPSA) is 74.3 Å². The molecule has 1 aromatic heterocycles. The Morgan fingerprint density at radius 1 is 1.16 bits per heavy atom. The molecule has 0 atom stereocenters. The predicted molar refractivity (Wildman–Crippen MR) is 96.1 cm³/mol. The normalized spacial score (nSPS) is 13.8. The van der Waals surface area contributed by atoms with Crippen LogP contribution >= 0.6 is 0 Å². The third-order valence-electron chi connectivity index (χ3n) is 4.18. The molecular formula is C19H22N4O2. The second-order valence-electron chi connectivity index (χ2n) is 6.11. The molecule has 0 bridgehead atoms. The van der Waals surface area contributed by atoms with E-state index in [1.54, 1.807) is 12.4 Å². The van der Waals surface area contributed by atoms with Crippen molar-refractivity contribution in [2.24, 2.45) is 0 Å². The maximum atomic E-state index is 11.9. The third-order valence-corrected chi connectivity index (χ3v) is 4.18. The molecule has 2 N–H and O–H groups in total. The summed E-state index contributed by atoms with van der Waals surface area (Å²) >= 11 is 0. The van der Waals surface area contributed by atoms with E-state index in [0.717, 1.165) is 36.2 Å². The Hall–Kier alpha value is -2.89. The van der Waals surface area contributed by atoms with Gasteiger partial charge in [-0.15, -0.1) is 0 Å². The van der Waals surface area contributed by atoms with Gasteiger partial charge in [-0.1, -0.05) is 18.2 Å². The van der Waals surface area contributed by atoms with Gasteiger partial charge in [0.1, 0.15) is 0 Å². The van der Waals surface area contributed by atoms with Crippen LogP contribution < -0.4 is 10.6 Å². The number of nitrogens with one attached hydrogen (secondary N) is 2. The summed E-state index contributed by atoms with van der Waals surface area (Å²) in [7, 11) is 0. The molecule has 1 fully saturated rings. The molecular weight excluding hydrogens is 316 g/mol. The van der Waals surface area contributed by atoms with Crippen molar-refractivity contribution < 1.29 is 9.59 Å². The van der Waals surface area contributed by atoms with Crippen LogP contribution in [-0.2, 0) is 17.8 Å². The fourth-order valence-corrected chi connectivity index (χ4v) is 2.83. The summed E-state index contributed by atoms with van der Waals surface area (Å²) in [5.74, 6) is 0.218. The zero-order valence-electron chi connectivity index (χ0n) is 14.1. The summed E-state index contributed by atoms with van der Waals surface area (Å²) < 4.78 is 0. The molecule has 6 nitrogen and oxygen atoms in total. The summed E-state index contributed by atoms with van der Waals surface area (Å²) in [5, 5.41) is 5.64. The highest BCUT2D eigenvalue weighted by atomic mass is 16.2. The number of benzene rings is 1. The average molecular weight is 338 g/mol. The minimum Gasteiger partial charge on any atom is -0.338 e. The van der Waals surface area contributed by atoms with E-state index >= 15 is 0 Å². The number of hydrogen-bond donors (Lipinski definition) is 2. The minimum atomic E-state index is -0.230. The smallest absolute Gasteiger partial charge is 0.319 e. The average Bonchev–Trinajstić information content (AvgIpc) is 3.02. The molecule has 25 heavy (non-hydrogen) atoms. The van der Waals surface area contributed by atoms with Crippen LogP contribution in [0.2, 0.25) is 0 Å². The van der Waals surface area contributed by atoms with E-state index in [1.807, 2.05) is 41.3 Å². The lowest BCUT2D eigenvalue weighted by Gasteiger charge is -2.15. The molecule has 0 aliphatic carbocycles. The number of likely N-dealkylation sites (tertiary alicyclic amines) is 1. The highest BCUT2D eigenvalue weighted by Gasteiger charge is 2.19. The lowest BCUT2D eigenvalue weighted by atomic mass is 10.2. The standard InChI is InChI=1S/C19H22N4O2/c24-18-4-2-12-23(18)14-16-5-7-17(8-6-16)22-19(25)21-11-9-15-3-1-10-20-13-15/h1,3,5-8,10,13H,2,4,9,11-12,14H2,(H2,21,22,25). The number of rotatable bonds is 6. The van der Waals surface area contributed by atoms with Crippen LogP contribution in [0.4, 0.5) is 10.5 Å². The van der Waals surface area contributed by atoms with E-state index in [1.165, 1.54) is 0 Å². The van der Waals surface area contributed by atoms with Gasteiger partial charge in [0.2, 0.25) is 5.91 Å². The Morgan fingerprint density at radius 2 is 2.00 bits per heavy atom. The second kappa shape index (κ2) is 8.28. The third kappa shape index (κ3) is 5.04. The molecule has 1 aliphatic rings. The van der Waals surface area contributed by atoms with E-state index in [9.17, 15) is 9.59 Å². The van der Waals surface area contributed by atoms with E-state index in [4.69, 9.17) is 0 Å². The molecule has 2 aromatic rings. The molecule has 1 aliphatic heterocycles. The Balaban J connectivity index is 1.43. The van der Waals surface area contributed by atoms with Gasteiger partial charge in [0.05, 0.1) is 0 Å². The Morgan fingerprint density at radius 3 is 2.68 bits per heavy atom. The zero-order chi connectivity index (χ0) is 17.5. The first-order valence-electron chi connectivity index (χ1n) is 8.51. The summed E-state index contributed by atoms with van der Waals surface area (Å²) in [4.78, 5) is 29.5. The lowest BCUT2D eigenvalue weighted by molar-refractivity contribution is -0.128. The SMILES string of the molecule is O=C(NCCc1cccnc1)Nc1ccc(CN2CCCC2=O)cc1. The molecule has 1 saturated heterocycles. The first-order chi connectivity index (χ1) is 12.2. The first kappa shape index (κ1) is 17.0. The van der Waals surface area contributed by atoms with Crippen molar-refractivity contribution >= 4 is 17.6 Å². The van der Waals surface area contributed by atoms with E-state index in [2.05, 4.69) is 15.6 Å². The fourth-order valence-electron chi connectivity index (χ4n) is 2.83. The van der Waals surface area contributed by atoms with Gasteiger partial charge in [-0.2, -0.15) is 0 Å². The van der Waals surface area contributed by atoms with Gasteiger partial charge in [0.25, 0.3) is 0 Å². The molecule has 0 saturated carbocycles. The predicted octanol–water partition coefficient (Wildman–Crippen LogP) is 2.57. The molecule has 3 amide bonds. The molecule has 0 unspecified atom stereocenters. The number of pyridine rings is 1. The lowest BCUT2D eigenvalue weighted by Crippen LogP contribution is -2.30. The van der Waals surface area contributed by atoms with Crippen LogP contribution in [0, 0.1) is 0 Å². The Kier molecular flexibility index (Phi) is 5.61. The van der Waals surface area contributed by atoms with Crippen molar-refractivity contribution in [3.8, 4) is 0 Å². The van der Waals surface area contributed by atoms with E-state index in [-0.39, 0.29) is 11.9 Å². The van der Waals surface area contributed by atoms with Crippen LogP contribution in [0.5, 0.6) is 0 Å². The molecule has 0 radical (unpaired) electrons. The molecule has 6 heteroatoms. The largest absolute Gasteiger partial charge is 0.338 e. The van der Waals surface area contributed by atoms with Crippen LogP contribution in [0.25, 0.3) is 0 Å². The summed E-state index contributed by atoms with van der Waals surface area (Å²) in [6.07, 6.45) is 5.86. The number of aromatic nitrogens is 1. The number of carbonyl (C=O) groups excluding carboxylic acids is 2. The molecule has 3 rings (SSSR count). The quantitative estimate of drug-likeness (QED) is 0.850. The highest BCUT2D eigenvalue weighted by molar-refractivity contribution is 5.89. The number of nitrogens with zero attached hydrogens (tertiary/aromatic N) is 2. The first-order valence-corrected chi connectivity index (χ1v) is 8.51. The molecule has 130 valence electrons. The van der Waals surface area contributed by atoms with Crippen LogP contribution in [-0.4, -0.2) is 34.9 Å². The van der Waals surface area contributed by atoms with Gasteiger partial charge in [0, 0.05) is 44.1 Å². The summed E-state index contributed by atoms with van der Waals surface area (Å²) in [6, 6.07) is 11.2. The zero-order valence-corrected chi connectivity index (χ0v) is 14.1. The van der Waals surface area contributed by atoms with Crippen molar-refractivity contribution in [1.29, 1.82) is 0 Å². The Labute approximate surface area is 147 Å². The number of carbonyl (C=O) groups is 2.